The minimum atomic E-state index is -0.345. The van der Waals surface area contributed by atoms with Crippen molar-refractivity contribution in [3.05, 3.63) is 34.6 Å². The molecular formula is C7H8ClFN2. The van der Waals surface area contributed by atoms with Crippen molar-refractivity contribution in [3.63, 3.8) is 0 Å². The second-order valence-electron chi connectivity index (χ2n) is 2.16. The minimum absolute atomic E-state index is 0.345. The zero-order valence-electron chi connectivity index (χ0n) is 5.77. The molecule has 0 saturated carbocycles. The molecule has 0 unspecified atom stereocenters. The van der Waals surface area contributed by atoms with Gasteiger partial charge in [-0.2, -0.15) is 0 Å². The van der Waals surface area contributed by atoms with Gasteiger partial charge in [0.25, 0.3) is 0 Å². The first kappa shape index (κ1) is 8.46. The molecule has 0 fully saturated rings. The fourth-order valence-corrected chi connectivity index (χ4v) is 1.08. The first-order valence-electron chi connectivity index (χ1n) is 3.11. The molecule has 0 spiro atoms. The lowest BCUT2D eigenvalue weighted by Gasteiger charge is -1.99. The Labute approximate surface area is 69.1 Å². The Bertz CT molecular complexity index is 232. The summed E-state index contributed by atoms with van der Waals surface area (Å²) in [6.07, 6.45) is 0. The Balaban J connectivity index is 2.89. The lowest BCUT2D eigenvalue weighted by molar-refractivity contribution is 0.622. The highest BCUT2D eigenvalue weighted by atomic mass is 35.5. The first-order valence-corrected chi connectivity index (χ1v) is 3.48. The van der Waals surface area contributed by atoms with E-state index in [0.29, 0.717) is 11.6 Å². The summed E-state index contributed by atoms with van der Waals surface area (Å²) in [5.74, 6) is 4.70. The SMILES string of the molecule is NNCc1cc(F)cc(Cl)c1. The van der Waals surface area contributed by atoms with Gasteiger partial charge >= 0.3 is 0 Å². The van der Waals surface area contributed by atoms with Gasteiger partial charge in [-0.15, -0.1) is 0 Å². The largest absolute Gasteiger partial charge is 0.271 e. The Kier molecular flexibility index (Phi) is 2.82. The number of hydrazine groups is 1. The zero-order valence-corrected chi connectivity index (χ0v) is 6.53. The van der Waals surface area contributed by atoms with Crippen molar-refractivity contribution in [3.8, 4) is 0 Å². The van der Waals surface area contributed by atoms with Gasteiger partial charge in [0.2, 0.25) is 0 Å². The molecule has 0 aliphatic carbocycles. The van der Waals surface area contributed by atoms with Crippen LogP contribution in [0.5, 0.6) is 0 Å². The van der Waals surface area contributed by atoms with Crippen LogP contribution in [0.4, 0.5) is 4.39 Å². The van der Waals surface area contributed by atoms with Gasteiger partial charge in [0.15, 0.2) is 0 Å². The Morgan fingerprint density at radius 2 is 2.18 bits per heavy atom. The van der Waals surface area contributed by atoms with E-state index >= 15 is 0 Å². The Hall–Kier alpha value is -0.640. The molecule has 0 aliphatic heterocycles. The van der Waals surface area contributed by atoms with Crippen LogP contribution < -0.4 is 11.3 Å². The van der Waals surface area contributed by atoms with Crippen molar-refractivity contribution >= 4 is 11.6 Å². The standard InChI is InChI=1S/C7H8ClFN2/c8-6-1-5(4-11-10)2-7(9)3-6/h1-3,11H,4,10H2. The summed E-state index contributed by atoms with van der Waals surface area (Å²) in [5, 5.41) is 0.384. The quantitative estimate of drug-likeness (QED) is 0.526. The summed E-state index contributed by atoms with van der Waals surface area (Å²) in [4.78, 5) is 0. The third-order valence-electron chi connectivity index (χ3n) is 1.23. The van der Waals surface area contributed by atoms with Gasteiger partial charge in [-0.1, -0.05) is 11.6 Å². The Morgan fingerprint density at radius 1 is 1.45 bits per heavy atom. The van der Waals surface area contributed by atoms with E-state index in [1.165, 1.54) is 12.1 Å². The summed E-state index contributed by atoms with van der Waals surface area (Å²) < 4.78 is 12.6. The van der Waals surface area contributed by atoms with Crippen molar-refractivity contribution in [2.75, 3.05) is 0 Å². The van der Waals surface area contributed by atoms with E-state index in [4.69, 9.17) is 17.4 Å². The highest BCUT2D eigenvalue weighted by molar-refractivity contribution is 6.30. The molecule has 0 radical (unpaired) electrons. The predicted octanol–water partition coefficient (Wildman–Crippen LogP) is 1.44. The van der Waals surface area contributed by atoms with Crippen molar-refractivity contribution in [2.24, 2.45) is 5.84 Å². The predicted molar refractivity (Wildman–Crippen MR) is 42.4 cm³/mol. The molecule has 11 heavy (non-hydrogen) atoms. The number of benzene rings is 1. The summed E-state index contributed by atoms with van der Waals surface area (Å²) in [6.45, 7) is 0.414. The molecule has 0 atom stereocenters. The monoisotopic (exact) mass is 174 g/mol. The average Bonchev–Trinajstić information content (AvgIpc) is 1.85. The van der Waals surface area contributed by atoms with Gasteiger partial charge in [-0.3, -0.25) is 11.3 Å². The number of hydrogen-bond donors (Lipinski definition) is 2. The molecule has 1 aromatic carbocycles. The molecule has 1 aromatic rings. The molecular weight excluding hydrogens is 167 g/mol. The lowest BCUT2D eigenvalue weighted by Crippen LogP contribution is -2.20. The van der Waals surface area contributed by atoms with Crippen LogP contribution in [-0.2, 0) is 6.54 Å². The summed E-state index contributed by atoms with van der Waals surface area (Å²) in [5.41, 5.74) is 3.15. The van der Waals surface area contributed by atoms with Crippen LogP contribution in [0.1, 0.15) is 5.56 Å². The third-order valence-corrected chi connectivity index (χ3v) is 1.45. The first-order chi connectivity index (χ1) is 5.22. The van der Waals surface area contributed by atoms with Gasteiger partial charge < -0.3 is 0 Å². The third kappa shape index (κ3) is 2.46. The van der Waals surface area contributed by atoms with E-state index in [9.17, 15) is 4.39 Å². The summed E-state index contributed by atoms with van der Waals surface area (Å²) in [6, 6.07) is 4.29. The van der Waals surface area contributed by atoms with E-state index in [1.807, 2.05) is 0 Å². The number of nitrogens with two attached hydrogens (primary N) is 1. The Morgan fingerprint density at radius 3 is 2.73 bits per heavy atom. The van der Waals surface area contributed by atoms with Gasteiger partial charge in [-0.25, -0.2) is 4.39 Å². The molecule has 1 rings (SSSR count). The fraction of sp³-hybridized carbons (Fsp3) is 0.143. The molecule has 4 heteroatoms. The topological polar surface area (TPSA) is 38.0 Å². The maximum Gasteiger partial charge on any atom is 0.125 e. The molecule has 0 bridgehead atoms. The number of nitrogens with one attached hydrogen (secondary N) is 1. The number of halogens is 2. The zero-order chi connectivity index (χ0) is 8.27. The molecule has 0 amide bonds. The van der Waals surface area contributed by atoms with Crippen molar-refractivity contribution < 1.29 is 4.39 Å². The van der Waals surface area contributed by atoms with Crippen molar-refractivity contribution in [1.29, 1.82) is 0 Å². The molecule has 0 saturated heterocycles. The number of rotatable bonds is 2. The molecule has 0 heterocycles. The van der Waals surface area contributed by atoms with Gasteiger partial charge in [0, 0.05) is 11.6 Å². The molecule has 0 aromatic heterocycles. The minimum Gasteiger partial charge on any atom is -0.271 e. The summed E-state index contributed by atoms with van der Waals surface area (Å²) in [7, 11) is 0. The van der Waals surface area contributed by atoms with E-state index in [-0.39, 0.29) is 5.82 Å². The highest BCUT2D eigenvalue weighted by Crippen LogP contribution is 2.13. The van der Waals surface area contributed by atoms with Crippen LogP contribution in [0.15, 0.2) is 18.2 Å². The molecule has 60 valence electrons. The van der Waals surface area contributed by atoms with E-state index in [1.54, 1.807) is 6.07 Å². The van der Waals surface area contributed by atoms with Gasteiger partial charge in [0.1, 0.15) is 5.82 Å². The van der Waals surface area contributed by atoms with Crippen molar-refractivity contribution in [1.82, 2.24) is 5.43 Å². The summed E-state index contributed by atoms with van der Waals surface area (Å²) >= 11 is 5.58. The van der Waals surface area contributed by atoms with E-state index < -0.39 is 0 Å². The van der Waals surface area contributed by atoms with Gasteiger partial charge in [0.05, 0.1) is 0 Å². The van der Waals surface area contributed by atoms with Gasteiger partial charge in [-0.05, 0) is 23.8 Å². The lowest BCUT2D eigenvalue weighted by atomic mass is 10.2. The van der Waals surface area contributed by atoms with Crippen LogP contribution in [0.3, 0.4) is 0 Å². The molecule has 0 aliphatic rings. The maximum atomic E-state index is 12.6. The number of hydrogen-bond acceptors (Lipinski definition) is 2. The fourth-order valence-electron chi connectivity index (χ4n) is 0.831. The van der Waals surface area contributed by atoms with E-state index in [0.717, 1.165) is 5.56 Å². The van der Waals surface area contributed by atoms with Crippen LogP contribution in [-0.4, -0.2) is 0 Å². The van der Waals surface area contributed by atoms with Crippen molar-refractivity contribution in [2.45, 2.75) is 6.54 Å². The van der Waals surface area contributed by atoms with Crippen LogP contribution in [0.25, 0.3) is 0 Å². The van der Waals surface area contributed by atoms with Crippen LogP contribution in [0, 0.1) is 5.82 Å². The van der Waals surface area contributed by atoms with Crippen LogP contribution in [0.2, 0.25) is 5.02 Å². The molecule has 3 N–H and O–H groups in total. The normalized spacial score (nSPS) is 10.1. The van der Waals surface area contributed by atoms with Crippen LogP contribution >= 0.6 is 11.6 Å². The van der Waals surface area contributed by atoms with E-state index in [2.05, 4.69) is 5.43 Å². The maximum absolute atomic E-state index is 12.6. The highest BCUT2D eigenvalue weighted by Gasteiger charge is 1.97. The average molecular weight is 175 g/mol. The second-order valence-corrected chi connectivity index (χ2v) is 2.60. The smallest absolute Gasteiger partial charge is 0.125 e. The molecule has 2 nitrogen and oxygen atoms in total. The second kappa shape index (κ2) is 3.67.